The standard InChI is InChI=1S/C21H31N3O2S/c1-23(2)12-13-24(15-16-8-4-3-5-9-16)20(25)14-19-21(26)22-17-10-6-7-11-18(17)27-19/h6-7,10-11,16,19H,3-5,8-9,12-15H2,1-2H3,(H,22,26). The molecule has 1 saturated carbocycles. The quantitative estimate of drug-likeness (QED) is 0.776. The van der Waals surface area contributed by atoms with Crippen LogP contribution in [0.15, 0.2) is 29.2 Å². The van der Waals surface area contributed by atoms with Crippen molar-refractivity contribution in [3.63, 3.8) is 0 Å². The number of carbonyl (C=O) groups is 2. The molecule has 6 heteroatoms. The molecule has 0 aromatic heterocycles. The van der Waals surface area contributed by atoms with E-state index in [1.165, 1.54) is 43.9 Å². The van der Waals surface area contributed by atoms with Crippen LogP contribution in [0, 0.1) is 5.92 Å². The van der Waals surface area contributed by atoms with Gasteiger partial charge in [-0.05, 0) is 45.0 Å². The summed E-state index contributed by atoms with van der Waals surface area (Å²) in [7, 11) is 4.06. The van der Waals surface area contributed by atoms with E-state index in [4.69, 9.17) is 0 Å². The predicted molar refractivity (Wildman–Crippen MR) is 111 cm³/mol. The maximum absolute atomic E-state index is 13.1. The van der Waals surface area contributed by atoms with Crippen LogP contribution in [0.2, 0.25) is 0 Å². The highest BCUT2D eigenvalue weighted by atomic mass is 32.2. The zero-order valence-corrected chi connectivity index (χ0v) is 17.3. The lowest BCUT2D eigenvalue weighted by Crippen LogP contribution is -2.42. The van der Waals surface area contributed by atoms with E-state index in [1.54, 1.807) is 0 Å². The van der Waals surface area contributed by atoms with Crippen LogP contribution >= 0.6 is 11.8 Å². The van der Waals surface area contributed by atoms with E-state index in [1.807, 2.05) is 43.3 Å². The summed E-state index contributed by atoms with van der Waals surface area (Å²) in [5, 5.41) is 2.60. The molecule has 0 spiro atoms. The minimum absolute atomic E-state index is 0.0581. The first-order valence-corrected chi connectivity index (χ1v) is 10.9. The Kier molecular flexibility index (Phi) is 7.19. The largest absolute Gasteiger partial charge is 0.341 e. The Balaban J connectivity index is 1.63. The number of thioether (sulfide) groups is 1. The zero-order chi connectivity index (χ0) is 19.2. The average molecular weight is 390 g/mol. The molecule has 1 heterocycles. The summed E-state index contributed by atoms with van der Waals surface area (Å²) in [5.41, 5.74) is 0.850. The molecule has 0 radical (unpaired) electrons. The highest BCUT2D eigenvalue weighted by Gasteiger charge is 2.31. The molecule has 3 rings (SSSR count). The maximum Gasteiger partial charge on any atom is 0.238 e. The van der Waals surface area contributed by atoms with E-state index in [0.29, 0.717) is 5.92 Å². The van der Waals surface area contributed by atoms with Crippen LogP contribution in [0.5, 0.6) is 0 Å². The highest BCUT2D eigenvalue weighted by Crippen LogP contribution is 2.37. The van der Waals surface area contributed by atoms with E-state index in [-0.39, 0.29) is 23.5 Å². The Morgan fingerprint density at radius 2 is 1.89 bits per heavy atom. The van der Waals surface area contributed by atoms with Gasteiger partial charge in [-0.2, -0.15) is 0 Å². The first kappa shape index (κ1) is 20.2. The summed E-state index contributed by atoms with van der Waals surface area (Å²) in [5.74, 6) is 0.658. The molecule has 0 bridgehead atoms. The van der Waals surface area contributed by atoms with Crippen LogP contribution in [0.3, 0.4) is 0 Å². The molecule has 2 aliphatic rings. The third-order valence-corrected chi connectivity index (χ3v) is 6.71. The van der Waals surface area contributed by atoms with Gasteiger partial charge in [0.25, 0.3) is 0 Å². The fraction of sp³-hybridized carbons (Fsp3) is 0.619. The van der Waals surface area contributed by atoms with Crippen LogP contribution in [0.1, 0.15) is 38.5 Å². The number of fused-ring (bicyclic) bond motifs is 1. The summed E-state index contributed by atoms with van der Waals surface area (Å²) in [6.07, 6.45) is 6.58. The molecule has 1 N–H and O–H groups in total. The minimum atomic E-state index is -0.347. The number of likely N-dealkylation sites (N-methyl/N-ethyl adjacent to an activating group) is 1. The Morgan fingerprint density at radius 1 is 1.15 bits per heavy atom. The number of rotatable bonds is 7. The van der Waals surface area contributed by atoms with Gasteiger partial charge in [-0.1, -0.05) is 31.4 Å². The van der Waals surface area contributed by atoms with Gasteiger partial charge in [0, 0.05) is 31.0 Å². The van der Waals surface area contributed by atoms with Gasteiger partial charge in [0.2, 0.25) is 11.8 Å². The zero-order valence-electron chi connectivity index (χ0n) is 16.4. The van der Waals surface area contributed by atoms with Crippen molar-refractivity contribution in [1.82, 2.24) is 9.80 Å². The van der Waals surface area contributed by atoms with Crippen LogP contribution in [0.25, 0.3) is 0 Å². The molecular weight excluding hydrogens is 358 g/mol. The molecule has 148 valence electrons. The van der Waals surface area contributed by atoms with E-state index in [0.717, 1.165) is 30.2 Å². The number of amides is 2. The fourth-order valence-corrected chi connectivity index (χ4v) is 4.94. The monoisotopic (exact) mass is 389 g/mol. The number of benzene rings is 1. The van der Waals surface area contributed by atoms with Crippen LogP contribution in [0.4, 0.5) is 5.69 Å². The van der Waals surface area contributed by atoms with E-state index in [9.17, 15) is 9.59 Å². The van der Waals surface area contributed by atoms with Gasteiger partial charge in [-0.15, -0.1) is 11.8 Å². The SMILES string of the molecule is CN(C)CCN(CC1CCCCC1)C(=O)CC1Sc2ccccc2NC1=O. The van der Waals surface area contributed by atoms with E-state index in [2.05, 4.69) is 10.2 Å². The molecule has 27 heavy (non-hydrogen) atoms. The summed E-state index contributed by atoms with van der Waals surface area (Å²) >= 11 is 1.51. The summed E-state index contributed by atoms with van der Waals surface area (Å²) in [6.45, 7) is 2.42. The lowest BCUT2D eigenvalue weighted by Gasteiger charge is -2.32. The third-order valence-electron chi connectivity index (χ3n) is 5.44. The summed E-state index contributed by atoms with van der Waals surface area (Å²) in [6, 6.07) is 7.79. The van der Waals surface area contributed by atoms with Gasteiger partial charge in [0.15, 0.2) is 0 Å². The molecule has 1 unspecified atom stereocenters. The Labute approximate surface area is 166 Å². The van der Waals surface area contributed by atoms with Crippen molar-refractivity contribution in [3.05, 3.63) is 24.3 Å². The molecule has 2 amide bonds. The first-order chi connectivity index (χ1) is 13.0. The molecule has 1 aromatic rings. The van der Waals surface area contributed by atoms with Crippen molar-refractivity contribution in [2.75, 3.05) is 39.0 Å². The van der Waals surface area contributed by atoms with Gasteiger partial charge in [-0.3, -0.25) is 9.59 Å². The van der Waals surface area contributed by atoms with Gasteiger partial charge in [0.05, 0.1) is 10.9 Å². The number of nitrogens with one attached hydrogen (secondary N) is 1. The smallest absolute Gasteiger partial charge is 0.238 e. The molecule has 1 fully saturated rings. The van der Waals surface area contributed by atoms with E-state index >= 15 is 0 Å². The molecule has 1 atom stereocenters. The van der Waals surface area contributed by atoms with Gasteiger partial charge >= 0.3 is 0 Å². The molecule has 1 aliphatic heterocycles. The lowest BCUT2D eigenvalue weighted by molar-refractivity contribution is -0.133. The maximum atomic E-state index is 13.1. The van der Waals surface area contributed by atoms with Crippen molar-refractivity contribution in [2.24, 2.45) is 5.92 Å². The second-order valence-corrected chi connectivity index (χ2v) is 9.19. The minimum Gasteiger partial charge on any atom is -0.341 e. The topological polar surface area (TPSA) is 52.6 Å². The predicted octanol–water partition coefficient (Wildman–Crippen LogP) is 3.46. The van der Waals surface area contributed by atoms with Crippen LogP contribution in [-0.4, -0.2) is 60.6 Å². The number of anilines is 1. The van der Waals surface area contributed by atoms with Crippen LogP contribution < -0.4 is 5.32 Å². The second kappa shape index (κ2) is 9.60. The fourth-order valence-electron chi connectivity index (χ4n) is 3.83. The Morgan fingerprint density at radius 3 is 2.63 bits per heavy atom. The number of carbonyl (C=O) groups excluding carboxylic acids is 2. The number of hydrogen-bond acceptors (Lipinski definition) is 4. The third kappa shape index (κ3) is 5.72. The number of para-hydroxylation sites is 1. The van der Waals surface area contributed by atoms with Crippen molar-refractivity contribution < 1.29 is 9.59 Å². The van der Waals surface area contributed by atoms with Crippen LogP contribution in [-0.2, 0) is 9.59 Å². The molecule has 1 aliphatic carbocycles. The average Bonchev–Trinajstić information content (AvgIpc) is 2.66. The van der Waals surface area contributed by atoms with Crippen molar-refractivity contribution in [2.45, 2.75) is 48.7 Å². The Bertz CT molecular complexity index is 659. The Hall–Kier alpha value is -1.53. The van der Waals surface area contributed by atoms with Crippen molar-refractivity contribution >= 4 is 29.3 Å². The molecular formula is C21H31N3O2S. The second-order valence-electron chi connectivity index (χ2n) is 7.94. The van der Waals surface area contributed by atoms with Gasteiger partial charge in [0.1, 0.15) is 0 Å². The molecule has 5 nitrogen and oxygen atoms in total. The van der Waals surface area contributed by atoms with Gasteiger partial charge < -0.3 is 15.1 Å². The number of hydrogen-bond donors (Lipinski definition) is 1. The summed E-state index contributed by atoms with van der Waals surface area (Å²) < 4.78 is 0. The van der Waals surface area contributed by atoms with Crippen molar-refractivity contribution in [3.8, 4) is 0 Å². The molecule has 0 saturated heterocycles. The lowest BCUT2D eigenvalue weighted by atomic mass is 9.89. The molecule has 1 aromatic carbocycles. The highest BCUT2D eigenvalue weighted by molar-refractivity contribution is 8.01. The van der Waals surface area contributed by atoms with Crippen molar-refractivity contribution in [1.29, 1.82) is 0 Å². The first-order valence-electron chi connectivity index (χ1n) is 10.0. The summed E-state index contributed by atoms with van der Waals surface area (Å²) in [4.78, 5) is 30.7. The van der Waals surface area contributed by atoms with E-state index < -0.39 is 0 Å². The number of nitrogens with zero attached hydrogens (tertiary/aromatic N) is 2. The van der Waals surface area contributed by atoms with Gasteiger partial charge in [-0.25, -0.2) is 0 Å². The normalized spacial score (nSPS) is 20.3.